The zero-order chi connectivity index (χ0) is 30.5. The van der Waals surface area contributed by atoms with Crippen molar-refractivity contribution in [3.05, 3.63) is 95.6 Å². The molecule has 2 aliphatic rings. The number of hydrazine groups is 1. The van der Waals surface area contributed by atoms with Crippen LogP contribution in [0.4, 0.5) is 10.5 Å². The lowest BCUT2D eigenvalue weighted by molar-refractivity contribution is -0.187. The maximum Gasteiger partial charge on any atom is 0.334 e. The number of fused-ring (bicyclic) bond motifs is 1. The quantitative estimate of drug-likeness (QED) is 0.400. The number of likely N-dealkylation sites (N-methyl/N-ethyl adjacent to an activating group) is 1. The van der Waals surface area contributed by atoms with E-state index in [2.05, 4.69) is 36.2 Å². The Morgan fingerprint density at radius 3 is 2.33 bits per heavy atom. The van der Waals surface area contributed by atoms with Crippen LogP contribution in [0, 0.1) is 0 Å². The standard InChI is InChI=1S/C33H40N6O4/c1-4-36(5-2)27-13-9-12-26(18-27)21-37-22-30-38(29(32(37)42)19-24-14-16-28(40)17-15-24)31(41)23-35(3)39(30)33(43)34-20-25-10-7-6-8-11-25/h6-18,29-30,40H,4-5,19-23H2,1-3H3,(H,34,43)/t29-,30+/m0/s1. The molecule has 2 heterocycles. The second-order valence-corrected chi connectivity index (χ2v) is 11.0. The van der Waals surface area contributed by atoms with Gasteiger partial charge in [0.15, 0.2) is 0 Å². The molecule has 5 rings (SSSR count). The van der Waals surface area contributed by atoms with E-state index in [1.54, 1.807) is 51.1 Å². The fraction of sp³-hybridized carbons (Fsp3) is 0.364. The number of carbonyl (C=O) groups excluding carboxylic acids is 3. The van der Waals surface area contributed by atoms with E-state index in [-0.39, 0.29) is 43.1 Å². The van der Waals surface area contributed by atoms with Crippen molar-refractivity contribution in [2.45, 2.75) is 45.6 Å². The summed E-state index contributed by atoms with van der Waals surface area (Å²) in [4.78, 5) is 47.0. The van der Waals surface area contributed by atoms with E-state index in [4.69, 9.17) is 0 Å². The Kier molecular flexibility index (Phi) is 9.16. The first-order valence-electron chi connectivity index (χ1n) is 14.8. The number of nitrogens with zero attached hydrogens (tertiary/aromatic N) is 5. The van der Waals surface area contributed by atoms with Gasteiger partial charge in [-0.25, -0.2) is 14.8 Å². The van der Waals surface area contributed by atoms with Gasteiger partial charge in [-0.2, -0.15) is 0 Å². The highest BCUT2D eigenvalue weighted by Crippen LogP contribution is 2.29. The second kappa shape index (κ2) is 13.2. The van der Waals surface area contributed by atoms with Gasteiger partial charge in [-0.3, -0.25) is 9.59 Å². The lowest BCUT2D eigenvalue weighted by atomic mass is 9.98. The fourth-order valence-electron chi connectivity index (χ4n) is 6.02. The summed E-state index contributed by atoms with van der Waals surface area (Å²) in [5.74, 6) is -0.247. The monoisotopic (exact) mass is 584 g/mol. The summed E-state index contributed by atoms with van der Waals surface area (Å²) in [6.45, 7) is 6.80. The lowest BCUT2D eigenvalue weighted by Crippen LogP contribution is -2.76. The van der Waals surface area contributed by atoms with Crippen LogP contribution in [0.25, 0.3) is 0 Å². The van der Waals surface area contributed by atoms with Gasteiger partial charge in [0.25, 0.3) is 0 Å². The third kappa shape index (κ3) is 6.59. The average molecular weight is 585 g/mol. The minimum atomic E-state index is -0.806. The molecule has 4 amide bonds. The Morgan fingerprint density at radius 1 is 0.930 bits per heavy atom. The number of nitrogens with one attached hydrogen (secondary N) is 1. The van der Waals surface area contributed by atoms with Crippen LogP contribution in [0.15, 0.2) is 78.9 Å². The molecular formula is C33H40N6O4. The number of hydrogen-bond donors (Lipinski definition) is 2. The number of urea groups is 1. The van der Waals surface area contributed by atoms with Gasteiger partial charge in [-0.05, 0) is 54.8 Å². The number of amides is 4. The van der Waals surface area contributed by atoms with Crippen molar-refractivity contribution in [2.24, 2.45) is 0 Å². The van der Waals surface area contributed by atoms with Gasteiger partial charge in [0, 0.05) is 45.3 Å². The number of aromatic hydroxyl groups is 1. The summed E-state index contributed by atoms with van der Waals surface area (Å²) in [5, 5.41) is 16.0. The number of carbonyl (C=O) groups is 3. The SMILES string of the molecule is CCN(CC)c1cccc(CN2C[C@@H]3N(C(=O)CN(C)N3C(=O)NCc3ccccc3)[C@@H](Cc3ccc(O)cc3)C2=O)c1. The fourth-order valence-corrected chi connectivity index (χ4v) is 6.02. The molecule has 0 bridgehead atoms. The molecule has 0 saturated carbocycles. The van der Waals surface area contributed by atoms with Gasteiger partial charge >= 0.3 is 6.03 Å². The molecule has 2 saturated heterocycles. The zero-order valence-corrected chi connectivity index (χ0v) is 25.0. The number of piperazine rings is 1. The number of phenols is 1. The minimum Gasteiger partial charge on any atom is -0.508 e. The predicted octanol–water partition coefficient (Wildman–Crippen LogP) is 3.42. The third-order valence-electron chi connectivity index (χ3n) is 8.21. The lowest BCUT2D eigenvalue weighted by Gasteiger charge is -2.54. The Morgan fingerprint density at radius 2 is 1.63 bits per heavy atom. The van der Waals surface area contributed by atoms with Crippen LogP contribution < -0.4 is 10.2 Å². The molecule has 2 fully saturated rings. The summed E-state index contributed by atoms with van der Waals surface area (Å²) in [6.07, 6.45) is -0.423. The maximum absolute atomic E-state index is 14.1. The molecule has 2 aliphatic heterocycles. The molecule has 0 aromatic heterocycles. The molecule has 10 heteroatoms. The molecule has 0 spiro atoms. The van der Waals surface area contributed by atoms with Crippen molar-refractivity contribution >= 4 is 23.5 Å². The molecule has 3 aromatic rings. The van der Waals surface area contributed by atoms with Crippen LogP contribution in [0.3, 0.4) is 0 Å². The minimum absolute atomic E-state index is 0.0273. The van der Waals surface area contributed by atoms with E-state index < -0.39 is 12.2 Å². The Bertz CT molecular complexity index is 1430. The number of anilines is 1. The van der Waals surface area contributed by atoms with Crippen molar-refractivity contribution in [2.75, 3.05) is 38.1 Å². The molecule has 43 heavy (non-hydrogen) atoms. The van der Waals surface area contributed by atoms with E-state index in [0.717, 1.165) is 35.5 Å². The van der Waals surface area contributed by atoms with E-state index in [1.807, 2.05) is 42.5 Å². The molecule has 2 atom stereocenters. The van der Waals surface area contributed by atoms with Crippen molar-refractivity contribution in [3.8, 4) is 5.75 Å². The highest BCUT2D eigenvalue weighted by atomic mass is 16.3. The van der Waals surface area contributed by atoms with Crippen LogP contribution in [0.1, 0.15) is 30.5 Å². The number of hydrogen-bond acceptors (Lipinski definition) is 6. The molecule has 0 unspecified atom stereocenters. The molecule has 0 aliphatic carbocycles. The zero-order valence-electron chi connectivity index (χ0n) is 25.0. The Hall–Kier alpha value is -4.57. The van der Waals surface area contributed by atoms with E-state index in [1.165, 1.54) is 0 Å². The average Bonchev–Trinajstić information content (AvgIpc) is 3.00. The largest absolute Gasteiger partial charge is 0.508 e. The normalized spacial score (nSPS) is 18.9. The van der Waals surface area contributed by atoms with Crippen molar-refractivity contribution < 1.29 is 19.5 Å². The van der Waals surface area contributed by atoms with E-state index >= 15 is 0 Å². The number of phenolic OH excluding ortho intramolecular Hbond substituents is 1. The van der Waals surface area contributed by atoms with Gasteiger partial charge < -0.3 is 25.1 Å². The molecule has 3 aromatic carbocycles. The summed E-state index contributed by atoms with van der Waals surface area (Å²) < 4.78 is 0. The highest BCUT2D eigenvalue weighted by Gasteiger charge is 2.50. The first kappa shape index (κ1) is 29.9. The second-order valence-electron chi connectivity index (χ2n) is 11.0. The number of rotatable bonds is 9. The van der Waals surface area contributed by atoms with Crippen LogP contribution in [-0.4, -0.2) is 88.2 Å². The molecular weight excluding hydrogens is 544 g/mol. The predicted molar refractivity (Wildman–Crippen MR) is 165 cm³/mol. The third-order valence-corrected chi connectivity index (χ3v) is 8.21. The Labute approximate surface area is 253 Å². The van der Waals surface area contributed by atoms with Gasteiger partial charge in [-0.1, -0.05) is 54.6 Å². The van der Waals surface area contributed by atoms with Gasteiger partial charge in [-0.15, -0.1) is 0 Å². The van der Waals surface area contributed by atoms with E-state index in [0.29, 0.717) is 13.1 Å². The molecule has 226 valence electrons. The molecule has 0 radical (unpaired) electrons. The smallest absolute Gasteiger partial charge is 0.334 e. The first-order valence-corrected chi connectivity index (χ1v) is 14.8. The summed E-state index contributed by atoms with van der Waals surface area (Å²) in [6, 6.07) is 23.3. The van der Waals surface area contributed by atoms with Crippen molar-refractivity contribution in [1.29, 1.82) is 0 Å². The maximum atomic E-state index is 14.1. The van der Waals surface area contributed by atoms with Crippen LogP contribution in [0.5, 0.6) is 5.75 Å². The van der Waals surface area contributed by atoms with E-state index in [9.17, 15) is 19.5 Å². The summed E-state index contributed by atoms with van der Waals surface area (Å²) in [7, 11) is 1.72. The molecule has 10 nitrogen and oxygen atoms in total. The van der Waals surface area contributed by atoms with Crippen LogP contribution in [-0.2, 0) is 29.1 Å². The first-order chi connectivity index (χ1) is 20.8. The van der Waals surface area contributed by atoms with Gasteiger partial charge in [0.1, 0.15) is 18.0 Å². The molecule has 2 N–H and O–H groups in total. The van der Waals surface area contributed by atoms with Crippen molar-refractivity contribution in [3.63, 3.8) is 0 Å². The highest BCUT2D eigenvalue weighted by molar-refractivity contribution is 5.91. The summed E-state index contributed by atoms with van der Waals surface area (Å²) >= 11 is 0. The van der Waals surface area contributed by atoms with Gasteiger partial charge in [0.05, 0.1) is 13.1 Å². The van der Waals surface area contributed by atoms with Crippen LogP contribution in [0.2, 0.25) is 0 Å². The van der Waals surface area contributed by atoms with Crippen LogP contribution >= 0.6 is 0 Å². The van der Waals surface area contributed by atoms with Gasteiger partial charge in [0.2, 0.25) is 11.8 Å². The number of benzene rings is 3. The Balaban J connectivity index is 1.46. The summed E-state index contributed by atoms with van der Waals surface area (Å²) in [5.41, 5.74) is 3.84. The van der Waals surface area contributed by atoms with Crippen molar-refractivity contribution in [1.82, 2.24) is 25.1 Å². The topological polar surface area (TPSA) is 99.7 Å².